The summed E-state index contributed by atoms with van der Waals surface area (Å²) in [6.45, 7) is 6.76. The Labute approximate surface area is 127 Å². The zero-order valence-electron chi connectivity index (χ0n) is 13.2. The highest BCUT2D eigenvalue weighted by atomic mass is 15.2. The number of aromatic nitrogens is 2. The van der Waals surface area contributed by atoms with Gasteiger partial charge in [-0.2, -0.15) is 5.10 Å². The summed E-state index contributed by atoms with van der Waals surface area (Å²) in [5, 5.41) is 7.51. The highest BCUT2D eigenvalue weighted by Gasteiger charge is 2.35. The van der Waals surface area contributed by atoms with Gasteiger partial charge in [0.25, 0.3) is 0 Å². The van der Waals surface area contributed by atoms with Crippen molar-refractivity contribution >= 4 is 5.82 Å². The van der Waals surface area contributed by atoms with Crippen molar-refractivity contribution in [3.8, 4) is 11.1 Å². The number of aromatic amines is 1. The van der Waals surface area contributed by atoms with Crippen molar-refractivity contribution in [2.45, 2.75) is 57.8 Å². The summed E-state index contributed by atoms with van der Waals surface area (Å²) in [6.07, 6.45) is 5.01. The molecule has 21 heavy (non-hydrogen) atoms. The highest BCUT2D eigenvalue weighted by Crippen LogP contribution is 2.45. The molecule has 0 bridgehead atoms. The van der Waals surface area contributed by atoms with E-state index in [0.29, 0.717) is 11.7 Å². The molecule has 1 aliphatic carbocycles. The molecule has 1 heterocycles. The molecule has 1 aromatic heterocycles. The minimum Gasteiger partial charge on any atom is -0.382 e. The molecule has 1 aliphatic rings. The molecule has 0 radical (unpaired) electrons. The van der Waals surface area contributed by atoms with E-state index in [1.807, 2.05) is 0 Å². The Morgan fingerprint density at radius 3 is 2.33 bits per heavy atom. The molecule has 1 aromatic carbocycles. The van der Waals surface area contributed by atoms with Gasteiger partial charge in [0.05, 0.1) is 5.69 Å². The molecule has 1 fully saturated rings. The average Bonchev–Trinajstić information content (AvgIpc) is 3.06. The van der Waals surface area contributed by atoms with Crippen molar-refractivity contribution in [3.63, 3.8) is 0 Å². The largest absolute Gasteiger partial charge is 0.382 e. The molecular formula is C18H25N3. The average molecular weight is 283 g/mol. The highest BCUT2D eigenvalue weighted by molar-refractivity contribution is 5.77. The number of anilines is 1. The van der Waals surface area contributed by atoms with Gasteiger partial charge in [-0.3, -0.25) is 5.10 Å². The minimum atomic E-state index is 0.191. The van der Waals surface area contributed by atoms with E-state index in [1.54, 1.807) is 0 Å². The van der Waals surface area contributed by atoms with E-state index in [2.05, 4.69) is 55.2 Å². The van der Waals surface area contributed by atoms with Gasteiger partial charge in [-0.1, -0.05) is 57.9 Å². The second-order valence-electron chi connectivity index (χ2n) is 6.90. The Morgan fingerprint density at radius 2 is 1.76 bits per heavy atom. The van der Waals surface area contributed by atoms with Crippen molar-refractivity contribution in [3.05, 3.63) is 35.5 Å². The molecule has 0 amide bonds. The van der Waals surface area contributed by atoms with Crippen LogP contribution in [0, 0.1) is 0 Å². The topological polar surface area (TPSA) is 54.7 Å². The van der Waals surface area contributed by atoms with E-state index in [1.165, 1.54) is 42.5 Å². The fourth-order valence-corrected chi connectivity index (χ4v) is 3.52. The molecule has 0 unspecified atom stereocenters. The Balaban J connectivity index is 2.04. The Kier molecular flexibility index (Phi) is 3.52. The number of nitrogens with two attached hydrogens (primary N) is 1. The molecule has 0 spiro atoms. The van der Waals surface area contributed by atoms with Crippen LogP contribution in [0.3, 0.4) is 0 Å². The molecule has 3 N–H and O–H groups in total. The first-order chi connectivity index (χ1) is 10.0. The van der Waals surface area contributed by atoms with Gasteiger partial charge in [-0.25, -0.2) is 0 Å². The molecule has 1 saturated carbocycles. The summed E-state index contributed by atoms with van der Waals surface area (Å²) in [5.74, 6) is 1.17. The normalized spacial score (nSPS) is 17.5. The van der Waals surface area contributed by atoms with Crippen LogP contribution in [0.15, 0.2) is 24.3 Å². The van der Waals surface area contributed by atoms with Gasteiger partial charge in [0.1, 0.15) is 0 Å². The summed E-state index contributed by atoms with van der Waals surface area (Å²) < 4.78 is 0. The molecule has 0 aliphatic heterocycles. The monoisotopic (exact) mass is 283 g/mol. The number of H-pyrrole nitrogens is 1. The lowest BCUT2D eigenvalue weighted by Gasteiger charge is -2.23. The summed E-state index contributed by atoms with van der Waals surface area (Å²) in [6, 6.07) is 8.76. The van der Waals surface area contributed by atoms with E-state index in [4.69, 9.17) is 5.73 Å². The molecule has 3 rings (SSSR count). The van der Waals surface area contributed by atoms with Crippen LogP contribution >= 0.6 is 0 Å². The van der Waals surface area contributed by atoms with Crippen LogP contribution in [0.2, 0.25) is 0 Å². The fraction of sp³-hybridized carbons (Fsp3) is 0.500. The van der Waals surface area contributed by atoms with Crippen LogP contribution < -0.4 is 5.73 Å². The molecular weight excluding hydrogens is 258 g/mol. The predicted octanol–water partition coefficient (Wildman–Crippen LogP) is 4.61. The van der Waals surface area contributed by atoms with Gasteiger partial charge in [0, 0.05) is 11.0 Å². The first kappa shape index (κ1) is 14.2. The van der Waals surface area contributed by atoms with Crippen LogP contribution in [0.25, 0.3) is 11.1 Å². The van der Waals surface area contributed by atoms with Gasteiger partial charge >= 0.3 is 0 Å². The maximum Gasteiger partial charge on any atom is 0.153 e. The van der Waals surface area contributed by atoms with Crippen LogP contribution in [0.1, 0.15) is 63.6 Å². The van der Waals surface area contributed by atoms with E-state index in [-0.39, 0.29) is 5.41 Å². The van der Waals surface area contributed by atoms with Gasteiger partial charge in [0.15, 0.2) is 5.82 Å². The first-order valence-corrected chi connectivity index (χ1v) is 7.96. The number of benzene rings is 1. The van der Waals surface area contributed by atoms with Crippen LogP contribution in [-0.4, -0.2) is 10.2 Å². The Hall–Kier alpha value is -1.77. The number of hydrogen-bond donors (Lipinski definition) is 2. The molecule has 112 valence electrons. The number of nitrogens with zero attached hydrogens (tertiary/aromatic N) is 1. The molecule has 0 saturated heterocycles. The fourth-order valence-electron chi connectivity index (χ4n) is 3.52. The number of nitrogen functional groups attached to an aromatic ring is 1. The molecule has 3 heteroatoms. The summed E-state index contributed by atoms with van der Waals surface area (Å²) in [4.78, 5) is 0. The third-order valence-corrected chi connectivity index (χ3v) is 4.97. The van der Waals surface area contributed by atoms with Crippen molar-refractivity contribution in [1.82, 2.24) is 10.2 Å². The van der Waals surface area contributed by atoms with Crippen molar-refractivity contribution in [2.75, 3.05) is 5.73 Å². The van der Waals surface area contributed by atoms with Crippen molar-refractivity contribution < 1.29 is 0 Å². The van der Waals surface area contributed by atoms with Crippen LogP contribution in [0.5, 0.6) is 0 Å². The third-order valence-electron chi connectivity index (χ3n) is 4.97. The maximum absolute atomic E-state index is 6.16. The summed E-state index contributed by atoms with van der Waals surface area (Å²) in [5.41, 5.74) is 11.2. The van der Waals surface area contributed by atoms with Gasteiger partial charge in [0.2, 0.25) is 0 Å². The zero-order chi connectivity index (χ0) is 15.0. The molecule has 3 nitrogen and oxygen atoms in total. The van der Waals surface area contributed by atoms with Crippen molar-refractivity contribution in [2.24, 2.45) is 0 Å². The lowest BCUT2D eigenvalue weighted by molar-refractivity contribution is 0.476. The van der Waals surface area contributed by atoms with Gasteiger partial charge in [-0.15, -0.1) is 0 Å². The van der Waals surface area contributed by atoms with Crippen LogP contribution in [0.4, 0.5) is 5.82 Å². The van der Waals surface area contributed by atoms with E-state index >= 15 is 0 Å². The summed E-state index contributed by atoms with van der Waals surface area (Å²) >= 11 is 0. The third kappa shape index (κ3) is 2.45. The Bertz CT molecular complexity index is 616. The number of nitrogens with one attached hydrogen (secondary N) is 1. The zero-order valence-corrected chi connectivity index (χ0v) is 13.2. The van der Waals surface area contributed by atoms with E-state index in [0.717, 1.165) is 5.56 Å². The molecule has 2 aromatic rings. The number of rotatable bonds is 3. The van der Waals surface area contributed by atoms with Crippen molar-refractivity contribution in [1.29, 1.82) is 0 Å². The van der Waals surface area contributed by atoms with E-state index in [9.17, 15) is 0 Å². The lowest BCUT2D eigenvalue weighted by Crippen LogP contribution is -2.18. The predicted molar refractivity (Wildman–Crippen MR) is 88.3 cm³/mol. The van der Waals surface area contributed by atoms with Gasteiger partial charge < -0.3 is 5.73 Å². The molecule has 0 atom stereocenters. The van der Waals surface area contributed by atoms with E-state index < -0.39 is 0 Å². The quantitative estimate of drug-likeness (QED) is 0.864. The second-order valence-corrected chi connectivity index (χ2v) is 6.90. The lowest BCUT2D eigenvalue weighted by atomic mass is 9.81. The SMILES string of the molecule is CC(C)c1ccc(-c2c(N)n[nH]c2C2(C)CCCC2)cc1. The first-order valence-electron chi connectivity index (χ1n) is 7.96. The van der Waals surface area contributed by atoms with Crippen LogP contribution in [-0.2, 0) is 5.41 Å². The Morgan fingerprint density at radius 1 is 1.14 bits per heavy atom. The van der Waals surface area contributed by atoms with Gasteiger partial charge in [-0.05, 0) is 29.9 Å². The summed E-state index contributed by atoms with van der Waals surface area (Å²) in [7, 11) is 0. The number of hydrogen-bond acceptors (Lipinski definition) is 2. The minimum absolute atomic E-state index is 0.191. The maximum atomic E-state index is 6.16. The second kappa shape index (κ2) is 5.21. The smallest absolute Gasteiger partial charge is 0.153 e. The standard InChI is InChI=1S/C18H25N3/c1-12(2)13-6-8-14(9-7-13)15-16(20-21-17(15)19)18(3)10-4-5-11-18/h6-9,12H,4-5,10-11H2,1-3H3,(H3,19,20,21).